The van der Waals surface area contributed by atoms with Crippen LogP contribution in [0.3, 0.4) is 0 Å². The largest absolute Gasteiger partial charge is 0.350 e. The predicted molar refractivity (Wildman–Crippen MR) is 70.5 cm³/mol. The van der Waals surface area contributed by atoms with Crippen molar-refractivity contribution in [3.05, 3.63) is 17.5 Å². The molecule has 0 aromatic carbocycles. The quantitative estimate of drug-likeness (QED) is 0.746. The monoisotopic (exact) mass is 260 g/mol. The molecule has 4 N–H and O–H groups in total. The number of hydrogen-bond acceptors (Lipinski definition) is 3. The molecule has 1 amide bonds. The van der Waals surface area contributed by atoms with Gasteiger partial charge in [-0.25, -0.2) is 0 Å². The van der Waals surface area contributed by atoms with Gasteiger partial charge in [0.15, 0.2) is 0 Å². The molecule has 0 saturated heterocycles. The molecule has 0 saturated carbocycles. The van der Waals surface area contributed by atoms with Gasteiger partial charge in [-0.2, -0.15) is 5.10 Å². The van der Waals surface area contributed by atoms with E-state index in [1.165, 1.54) is 0 Å². The van der Waals surface area contributed by atoms with E-state index in [9.17, 15) is 4.79 Å². The summed E-state index contributed by atoms with van der Waals surface area (Å²) in [6.07, 6.45) is 0. The fraction of sp³-hybridized carbons (Fsp3) is 0.636. The lowest BCUT2D eigenvalue weighted by Gasteiger charge is -2.08. The van der Waals surface area contributed by atoms with E-state index < -0.39 is 0 Å². The molecule has 5 nitrogen and oxygen atoms in total. The zero-order valence-electron chi connectivity index (χ0n) is 10.5. The summed E-state index contributed by atoms with van der Waals surface area (Å²) in [5.41, 5.74) is 6.88. The van der Waals surface area contributed by atoms with Crippen LogP contribution in [0.4, 0.5) is 0 Å². The molecule has 98 valence electrons. The second kappa shape index (κ2) is 7.29. The van der Waals surface area contributed by atoms with E-state index in [4.69, 9.17) is 5.73 Å². The second-order valence-corrected chi connectivity index (χ2v) is 4.41. The third kappa shape index (κ3) is 4.75. The van der Waals surface area contributed by atoms with E-state index in [2.05, 4.69) is 15.5 Å². The third-order valence-corrected chi connectivity index (χ3v) is 2.47. The number of nitrogens with one attached hydrogen (secondary N) is 2. The van der Waals surface area contributed by atoms with Crippen LogP contribution in [0.25, 0.3) is 0 Å². The van der Waals surface area contributed by atoms with Crippen LogP contribution in [0.15, 0.2) is 6.07 Å². The van der Waals surface area contributed by atoms with E-state index in [-0.39, 0.29) is 24.2 Å². The number of amides is 1. The van der Waals surface area contributed by atoms with Gasteiger partial charge in [-0.15, -0.1) is 12.4 Å². The molecule has 6 heteroatoms. The van der Waals surface area contributed by atoms with Crippen molar-refractivity contribution >= 4 is 18.3 Å². The van der Waals surface area contributed by atoms with Crippen LogP contribution in [0.1, 0.15) is 42.9 Å². The molecule has 1 atom stereocenters. The minimum absolute atomic E-state index is 0. The Morgan fingerprint density at radius 1 is 1.53 bits per heavy atom. The second-order valence-electron chi connectivity index (χ2n) is 4.41. The number of hydrogen-bond donors (Lipinski definition) is 3. The first kappa shape index (κ1) is 15.9. The summed E-state index contributed by atoms with van der Waals surface area (Å²) in [7, 11) is 0. The molecule has 1 unspecified atom stereocenters. The lowest BCUT2D eigenvalue weighted by molar-refractivity contribution is 0.0943. The first-order valence-corrected chi connectivity index (χ1v) is 5.58. The topological polar surface area (TPSA) is 83.8 Å². The maximum absolute atomic E-state index is 11.7. The van der Waals surface area contributed by atoms with Gasteiger partial charge in [0.1, 0.15) is 5.69 Å². The van der Waals surface area contributed by atoms with E-state index in [1.54, 1.807) is 6.07 Å². The molecule has 0 fully saturated rings. The molecule has 1 aromatic rings. The number of nitrogens with two attached hydrogens (primary N) is 1. The van der Waals surface area contributed by atoms with Crippen LogP contribution in [-0.4, -0.2) is 29.2 Å². The Balaban J connectivity index is 0.00000256. The van der Waals surface area contributed by atoms with E-state index in [0.29, 0.717) is 24.7 Å². The summed E-state index contributed by atoms with van der Waals surface area (Å²) in [6.45, 7) is 7.24. The van der Waals surface area contributed by atoms with Gasteiger partial charge in [0, 0.05) is 12.2 Å². The van der Waals surface area contributed by atoms with Gasteiger partial charge in [-0.05, 0) is 24.4 Å². The van der Waals surface area contributed by atoms with Gasteiger partial charge in [-0.1, -0.05) is 20.8 Å². The number of aromatic amines is 1. The molecule has 1 heterocycles. The number of halogens is 1. The van der Waals surface area contributed by atoms with Crippen LogP contribution in [0.2, 0.25) is 0 Å². The zero-order valence-corrected chi connectivity index (χ0v) is 11.3. The van der Waals surface area contributed by atoms with Crippen LogP contribution >= 0.6 is 12.4 Å². The van der Waals surface area contributed by atoms with Crippen LogP contribution in [0, 0.1) is 5.92 Å². The summed E-state index contributed by atoms with van der Waals surface area (Å²) in [4.78, 5) is 11.7. The van der Waals surface area contributed by atoms with Crippen molar-refractivity contribution in [1.82, 2.24) is 15.5 Å². The normalized spacial score (nSPS) is 12.1. The highest BCUT2D eigenvalue weighted by Gasteiger charge is 2.12. The average molecular weight is 261 g/mol. The van der Waals surface area contributed by atoms with Crippen molar-refractivity contribution in [2.75, 3.05) is 13.1 Å². The Morgan fingerprint density at radius 2 is 2.18 bits per heavy atom. The Labute approximate surface area is 108 Å². The van der Waals surface area contributed by atoms with Crippen molar-refractivity contribution in [2.24, 2.45) is 11.7 Å². The van der Waals surface area contributed by atoms with Crippen LogP contribution < -0.4 is 11.1 Å². The Kier molecular flexibility index (Phi) is 6.83. The standard InChI is InChI=1S/C11H20N4O.ClH/c1-7(2)9-4-10(15-14-9)11(16)13-6-8(3)5-12;/h4,7-8H,5-6,12H2,1-3H3,(H,13,16)(H,14,15);1H. The van der Waals surface area contributed by atoms with Gasteiger partial charge < -0.3 is 11.1 Å². The fourth-order valence-electron chi connectivity index (χ4n) is 1.19. The first-order chi connectivity index (χ1) is 7.54. The maximum atomic E-state index is 11.7. The average Bonchev–Trinajstić information content (AvgIpc) is 2.74. The number of aromatic nitrogens is 2. The molecular formula is C11H21ClN4O. The van der Waals surface area contributed by atoms with E-state index >= 15 is 0 Å². The minimum atomic E-state index is -0.150. The molecule has 0 aliphatic rings. The lowest BCUT2D eigenvalue weighted by Crippen LogP contribution is -2.31. The minimum Gasteiger partial charge on any atom is -0.350 e. The van der Waals surface area contributed by atoms with Gasteiger partial charge in [0.25, 0.3) is 5.91 Å². The van der Waals surface area contributed by atoms with Gasteiger partial charge in [0.05, 0.1) is 0 Å². The third-order valence-electron chi connectivity index (χ3n) is 2.47. The number of carbonyl (C=O) groups excluding carboxylic acids is 1. The Hall–Kier alpha value is -1.07. The van der Waals surface area contributed by atoms with Crippen molar-refractivity contribution in [1.29, 1.82) is 0 Å². The van der Waals surface area contributed by atoms with Crippen LogP contribution in [-0.2, 0) is 0 Å². The molecule has 1 rings (SSSR count). The molecule has 1 aromatic heterocycles. The molecular weight excluding hydrogens is 240 g/mol. The smallest absolute Gasteiger partial charge is 0.271 e. The Bertz CT molecular complexity index is 351. The van der Waals surface area contributed by atoms with E-state index in [1.807, 2.05) is 20.8 Å². The predicted octanol–water partition coefficient (Wildman–Crippen LogP) is 1.28. The summed E-state index contributed by atoms with van der Waals surface area (Å²) in [6, 6.07) is 1.78. The first-order valence-electron chi connectivity index (χ1n) is 5.58. The zero-order chi connectivity index (χ0) is 12.1. The lowest BCUT2D eigenvalue weighted by atomic mass is 10.1. The molecule has 0 aliphatic carbocycles. The summed E-state index contributed by atoms with van der Waals surface area (Å²) < 4.78 is 0. The molecule has 0 radical (unpaired) electrons. The highest BCUT2D eigenvalue weighted by molar-refractivity contribution is 5.92. The fourth-order valence-corrected chi connectivity index (χ4v) is 1.19. The van der Waals surface area contributed by atoms with Gasteiger partial charge >= 0.3 is 0 Å². The molecule has 17 heavy (non-hydrogen) atoms. The highest BCUT2D eigenvalue weighted by Crippen LogP contribution is 2.11. The van der Waals surface area contributed by atoms with E-state index in [0.717, 1.165) is 5.69 Å². The molecule has 0 aliphatic heterocycles. The number of rotatable bonds is 5. The molecule has 0 bridgehead atoms. The van der Waals surface area contributed by atoms with Crippen LogP contribution in [0.5, 0.6) is 0 Å². The Morgan fingerprint density at radius 3 is 2.65 bits per heavy atom. The summed E-state index contributed by atoms with van der Waals surface area (Å²) in [5, 5.41) is 9.63. The number of nitrogens with zero attached hydrogens (tertiary/aromatic N) is 1. The number of H-pyrrole nitrogens is 1. The maximum Gasteiger partial charge on any atom is 0.271 e. The highest BCUT2D eigenvalue weighted by atomic mass is 35.5. The van der Waals surface area contributed by atoms with Gasteiger partial charge in [0.2, 0.25) is 0 Å². The van der Waals surface area contributed by atoms with Crippen molar-refractivity contribution in [3.63, 3.8) is 0 Å². The molecule has 0 spiro atoms. The van der Waals surface area contributed by atoms with Crippen molar-refractivity contribution in [2.45, 2.75) is 26.7 Å². The van der Waals surface area contributed by atoms with Gasteiger partial charge in [-0.3, -0.25) is 9.89 Å². The summed E-state index contributed by atoms with van der Waals surface area (Å²) in [5.74, 6) is 0.480. The SMILES string of the molecule is CC(CN)CNC(=O)c1cc(C(C)C)[nH]n1.Cl. The van der Waals surface area contributed by atoms with Crippen molar-refractivity contribution < 1.29 is 4.79 Å². The number of carbonyl (C=O) groups is 1. The van der Waals surface area contributed by atoms with Crippen molar-refractivity contribution in [3.8, 4) is 0 Å². The summed E-state index contributed by atoms with van der Waals surface area (Å²) >= 11 is 0.